The maximum absolute atomic E-state index is 9.90. The summed E-state index contributed by atoms with van der Waals surface area (Å²) in [5, 5.41) is 9.90. The number of rotatable bonds is 4. The number of phenols is 1. The van der Waals surface area contributed by atoms with Crippen LogP contribution in [0, 0.1) is 6.92 Å². The third-order valence-electron chi connectivity index (χ3n) is 6.13. The maximum Gasteiger partial charge on any atom is 0.220 e. The first-order valence-corrected chi connectivity index (χ1v) is 11.3. The minimum atomic E-state index is 0.238. The van der Waals surface area contributed by atoms with Crippen LogP contribution in [0.25, 0.3) is 45.2 Å². The van der Waals surface area contributed by atoms with Gasteiger partial charge in [-0.05, 0) is 31.2 Å². The molecule has 0 spiro atoms. The zero-order valence-electron chi connectivity index (χ0n) is 18.8. The van der Waals surface area contributed by atoms with Crippen LogP contribution >= 0.6 is 0 Å². The third kappa shape index (κ3) is 3.37. The van der Waals surface area contributed by atoms with Crippen molar-refractivity contribution in [3.8, 4) is 45.2 Å². The number of benzene rings is 4. The van der Waals surface area contributed by atoms with Crippen molar-refractivity contribution in [1.29, 1.82) is 0 Å². The molecule has 164 valence electrons. The number of aromatic hydroxyl groups is 1. The Morgan fingerprint density at radius 1 is 0.647 bits per heavy atom. The Morgan fingerprint density at radius 2 is 1.26 bits per heavy atom. The molecule has 0 unspecified atom stereocenters. The van der Waals surface area contributed by atoms with Crippen molar-refractivity contribution in [2.45, 2.75) is 6.92 Å². The van der Waals surface area contributed by atoms with Crippen molar-refractivity contribution >= 4 is 5.78 Å². The number of aromatic nitrogens is 3. The first-order chi connectivity index (χ1) is 16.7. The highest BCUT2D eigenvalue weighted by molar-refractivity contribution is 5.83. The van der Waals surface area contributed by atoms with Gasteiger partial charge in [0.1, 0.15) is 5.75 Å². The van der Waals surface area contributed by atoms with Crippen molar-refractivity contribution in [2.75, 3.05) is 0 Å². The fourth-order valence-electron chi connectivity index (χ4n) is 4.44. The SMILES string of the molecule is Cc1ccc(-c2cn3c(-c4ccccc4)c(-c4ccccc4)nc3n2-c2ccc(O)cc2)cc1. The second kappa shape index (κ2) is 8.09. The molecule has 2 aromatic heterocycles. The Bertz CT molecular complexity index is 1580. The molecular formula is C30H23N3O. The van der Waals surface area contributed by atoms with Crippen LogP contribution in [0.15, 0.2) is 115 Å². The molecule has 0 saturated heterocycles. The van der Waals surface area contributed by atoms with E-state index in [9.17, 15) is 5.11 Å². The molecule has 0 amide bonds. The number of phenolic OH excluding ortho intramolecular Hbond substituents is 1. The number of fused-ring (bicyclic) bond motifs is 1. The molecule has 4 aromatic carbocycles. The molecule has 34 heavy (non-hydrogen) atoms. The topological polar surface area (TPSA) is 42.5 Å². The monoisotopic (exact) mass is 441 g/mol. The summed E-state index contributed by atoms with van der Waals surface area (Å²) in [5.41, 5.74) is 8.44. The van der Waals surface area contributed by atoms with E-state index in [1.54, 1.807) is 12.1 Å². The Labute approximate surface area is 198 Å². The van der Waals surface area contributed by atoms with Gasteiger partial charge in [-0.3, -0.25) is 8.97 Å². The molecule has 6 rings (SSSR count). The molecule has 1 N–H and O–H groups in total. The second-order valence-corrected chi connectivity index (χ2v) is 8.44. The lowest BCUT2D eigenvalue weighted by Crippen LogP contribution is -1.97. The van der Waals surface area contributed by atoms with E-state index in [4.69, 9.17) is 4.98 Å². The molecule has 4 heteroatoms. The van der Waals surface area contributed by atoms with E-state index >= 15 is 0 Å². The molecule has 0 aliphatic carbocycles. The lowest BCUT2D eigenvalue weighted by Gasteiger charge is -2.10. The number of hydrogen-bond donors (Lipinski definition) is 1. The number of aryl methyl sites for hydroxylation is 1. The van der Waals surface area contributed by atoms with Gasteiger partial charge in [0.25, 0.3) is 0 Å². The predicted octanol–water partition coefficient (Wildman–Crippen LogP) is 7.14. The van der Waals surface area contributed by atoms with Crippen LogP contribution < -0.4 is 0 Å². The lowest BCUT2D eigenvalue weighted by atomic mass is 10.0. The standard InChI is InChI=1S/C30H23N3O/c1-21-12-14-22(15-13-21)27-20-32-29(24-10-6-3-7-11-24)28(23-8-4-2-5-9-23)31-30(32)33(27)25-16-18-26(34)19-17-25/h2-20,34H,1H3. The van der Waals surface area contributed by atoms with Gasteiger partial charge in [0, 0.05) is 28.6 Å². The van der Waals surface area contributed by atoms with E-state index in [2.05, 4.69) is 82.8 Å². The highest BCUT2D eigenvalue weighted by Crippen LogP contribution is 2.37. The van der Waals surface area contributed by atoms with Crippen LogP contribution in [0.2, 0.25) is 0 Å². The van der Waals surface area contributed by atoms with Gasteiger partial charge in [-0.1, -0.05) is 90.5 Å². The van der Waals surface area contributed by atoms with E-state index in [-0.39, 0.29) is 5.75 Å². The first-order valence-electron chi connectivity index (χ1n) is 11.3. The molecule has 6 aromatic rings. The highest BCUT2D eigenvalue weighted by atomic mass is 16.3. The molecule has 0 atom stereocenters. The van der Waals surface area contributed by atoms with Crippen molar-refractivity contribution < 1.29 is 5.11 Å². The molecule has 2 heterocycles. The summed E-state index contributed by atoms with van der Waals surface area (Å²) in [6.07, 6.45) is 2.16. The molecule has 4 nitrogen and oxygen atoms in total. The van der Waals surface area contributed by atoms with Crippen LogP contribution in [-0.2, 0) is 0 Å². The van der Waals surface area contributed by atoms with Crippen LogP contribution in [0.5, 0.6) is 5.75 Å². The number of nitrogens with zero attached hydrogens (tertiary/aromatic N) is 3. The van der Waals surface area contributed by atoms with Crippen molar-refractivity contribution in [3.05, 3.63) is 121 Å². The summed E-state index contributed by atoms with van der Waals surface area (Å²) in [5.74, 6) is 1.06. The Hall–Kier alpha value is -4.57. The molecule has 0 saturated carbocycles. The molecule has 0 aliphatic heterocycles. The fourth-order valence-corrected chi connectivity index (χ4v) is 4.44. The van der Waals surface area contributed by atoms with Crippen molar-refractivity contribution in [3.63, 3.8) is 0 Å². The van der Waals surface area contributed by atoms with Crippen LogP contribution in [0.1, 0.15) is 5.56 Å². The summed E-state index contributed by atoms with van der Waals surface area (Å²) >= 11 is 0. The van der Waals surface area contributed by atoms with E-state index in [0.717, 1.165) is 45.2 Å². The minimum Gasteiger partial charge on any atom is -0.508 e. The Kier molecular flexibility index (Phi) is 4.77. The Morgan fingerprint density at radius 3 is 1.91 bits per heavy atom. The van der Waals surface area contributed by atoms with Crippen LogP contribution in [0.3, 0.4) is 0 Å². The summed E-state index contributed by atoms with van der Waals surface area (Å²) in [4.78, 5) is 5.19. The normalized spacial score (nSPS) is 11.2. The zero-order valence-corrected chi connectivity index (χ0v) is 18.8. The summed E-state index contributed by atoms with van der Waals surface area (Å²) in [6.45, 7) is 2.09. The lowest BCUT2D eigenvalue weighted by molar-refractivity contribution is 0.475. The van der Waals surface area contributed by atoms with Gasteiger partial charge in [0.05, 0.1) is 17.1 Å². The summed E-state index contributed by atoms with van der Waals surface area (Å²) in [7, 11) is 0. The van der Waals surface area contributed by atoms with Gasteiger partial charge in [-0.2, -0.15) is 0 Å². The van der Waals surface area contributed by atoms with Crippen LogP contribution in [0.4, 0.5) is 0 Å². The third-order valence-corrected chi connectivity index (χ3v) is 6.13. The number of hydrogen-bond acceptors (Lipinski definition) is 2. The second-order valence-electron chi connectivity index (χ2n) is 8.44. The maximum atomic E-state index is 9.90. The van der Waals surface area contributed by atoms with Gasteiger partial charge in [0.15, 0.2) is 0 Å². The average molecular weight is 442 g/mol. The fraction of sp³-hybridized carbons (Fsp3) is 0.0333. The number of imidazole rings is 2. The first kappa shape index (κ1) is 20.1. The Balaban J connectivity index is 1.71. The minimum absolute atomic E-state index is 0.238. The summed E-state index contributed by atoms with van der Waals surface area (Å²) in [6, 6.07) is 36.5. The van der Waals surface area contributed by atoms with E-state index < -0.39 is 0 Å². The average Bonchev–Trinajstić information content (AvgIpc) is 3.43. The van der Waals surface area contributed by atoms with Gasteiger partial charge >= 0.3 is 0 Å². The highest BCUT2D eigenvalue weighted by Gasteiger charge is 2.22. The van der Waals surface area contributed by atoms with Gasteiger partial charge in [-0.25, -0.2) is 4.98 Å². The smallest absolute Gasteiger partial charge is 0.220 e. The molecule has 0 aliphatic rings. The van der Waals surface area contributed by atoms with E-state index in [1.807, 2.05) is 36.4 Å². The van der Waals surface area contributed by atoms with Crippen molar-refractivity contribution in [2.24, 2.45) is 0 Å². The molecular weight excluding hydrogens is 418 g/mol. The van der Waals surface area contributed by atoms with Crippen molar-refractivity contribution in [1.82, 2.24) is 14.0 Å². The predicted molar refractivity (Wildman–Crippen MR) is 137 cm³/mol. The van der Waals surface area contributed by atoms with Gasteiger partial charge in [-0.15, -0.1) is 0 Å². The van der Waals surface area contributed by atoms with Gasteiger partial charge in [0.2, 0.25) is 5.78 Å². The van der Waals surface area contributed by atoms with E-state index in [1.165, 1.54) is 5.56 Å². The molecule has 0 bridgehead atoms. The molecule has 0 radical (unpaired) electrons. The molecule has 0 fully saturated rings. The van der Waals surface area contributed by atoms with Crippen LogP contribution in [-0.4, -0.2) is 19.1 Å². The van der Waals surface area contributed by atoms with Gasteiger partial charge < -0.3 is 5.11 Å². The zero-order chi connectivity index (χ0) is 23.1. The quantitative estimate of drug-likeness (QED) is 0.316. The summed E-state index contributed by atoms with van der Waals surface area (Å²) < 4.78 is 4.34. The van der Waals surface area contributed by atoms with E-state index in [0.29, 0.717) is 0 Å². The largest absolute Gasteiger partial charge is 0.508 e.